The molecule has 0 aliphatic rings. The Balaban J connectivity index is 1.72. The lowest BCUT2D eigenvalue weighted by atomic mass is 10.1. The molecule has 6 nitrogen and oxygen atoms in total. The van der Waals surface area contributed by atoms with Gasteiger partial charge in [-0.3, -0.25) is 4.79 Å². The van der Waals surface area contributed by atoms with Crippen LogP contribution in [0.1, 0.15) is 29.3 Å². The lowest BCUT2D eigenvalue weighted by Crippen LogP contribution is -2.32. The summed E-state index contributed by atoms with van der Waals surface area (Å²) in [5.74, 6) is -0.958. The number of anilines is 1. The number of imidazole rings is 1. The molecule has 0 aliphatic heterocycles. The number of nitrogens with zero attached hydrogens (tertiary/aromatic N) is 1. The first kappa shape index (κ1) is 17.9. The molecule has 0 aliphatic carbocycles. The number of hydrogen-bond donors (Lipinski definition) is 2. The quantitative estimate of drug-likeness (QED) is 0.661. The Bertz CT molecular complexity index is 968. The molecule has 1 heterocycles. The number of nitrogens with one attached hydrogen (secondary N) is 2. The molecule has 3 aromatic rings. The molecular weight excluding hydrogens is 354 g/mol. The van der Waals surface area contributed by atoms with Gasteiger partial charge < -0.3 is 15.0 Å². The van der Waals surface area contributed by atoms with Gasteiger partial charge in [-0.1, -0.05) is 24.6 Å². The van der Waals surface area contributed by atoms with E-state index < -0.39 is 18.0 Å². The third-order valence-corrected chi connectivity index (χ3v) is 4.50. The maximum absolute atomic E-state index is 12.5. The number of ether oxygens (including phenoxy) is 1. The second-order valence-corrected chi connectivity index (χ2v) is 6.25. The maximum atomic E-state index is 12.5. The van der Waals surface area contributed by atoms with E-state index in [1.807, 2.05) is 6.92 Å². The highest BCUT2D eigenvalue weighted by atomic mass is 35.5. The summed E-state index contributed by atoms with van der Waals surface area (Å²) < 4.78 is 5.40. The highest BCUT2D eigenvalue weighted by Gasteiger charge is 2.23. The van der Waals surface area contributed by atoms with Crippen molar-refractivity contribution in [2.24, 2.45) is 0 Å². The zero-order chi connectivity index (χ0) is 18.7. The monoisotopic (exact) mass is 371 g/mol. The number of rotatable bonds is 5. The molecule has 0 bridgehead atoms. The fourth-order valence-corrected chi connectivity index (χ4v) is 2.71. The lowest BCUT2D eigenvalue weighted by Gasteiger charge is -2.17. The van der Waals surface area contributed by atoms with Crippen molar-refractivity contribution >= 4 is 40.2 Å². The van der Waals surface area contributed by atoms with Crippen molar-refractivity contribution in [2.45, 2.75) is 26.4 Å². The number of esters is 1. The van der Waals surface area contributed by atoms with Gasteiger partial charge in [0.2, 0.25) is 0 Å². The fraction of sp³-hybridized carbons (Fsp3) is 0.211. The summed E-state index contributed by atoms with van der Waals surface area (Å²) in [6.07, 6.45) is 0.997. The summed E-state index contributed by atoms with van der Waals surface area (Å²) >= 11 is 6.07. The predicted octanol–water partition coefficient (Wildman–Crippen LogP) is 4.10. The number of aromatic amines is 1. The summed E-state index contributed by atoms with van der Waals surface area (Å²) in [4.78, 5) is 31.9. The SMILES string of the molecule is CCC(OC(=O)c1ccc2nc[nH]c2c1)C(=O)Nc1cccc(Cl)c1C. The van der Waals surface area contributed by atoms with Crippen LogP contribution in [0.4, 0.5) is 5.69 Å². The molecule has 134 valence electrons. The van der Waals surface area contributed by atoms with E-state index in [1.54, 1.807) is 49.6 Å². The largest absolute Gasteiger partial charge is 0.449 e. The molecule has 1 amide bonds. The second-order valence-electron chi connectivity index (χ2n) is 5.84. The summed E-state index contributed by atoms with van der Waals surface area (Å²) in [5.41, 5.74) is 3.19. The summed E-state index contributed by atoms with van der Waals surface area (Å²) in [6.45, 7) is 3.59. The highest BCUT2D eigenvalue weighted by molar-refractivity contribution is 6.31. The molecule has 3 rings (SSSR count). The molecule has 7 heteroatoms. The average Bonchev–Trinajstić information content (AvgIpc) is 3.10. The molecule has 2 N–H and O–H groups in total. The van der Waals surface area contributed by atoms with Gasteiger partial charge in [-0.25, -0.2) is 9.78 Å². The number of hydrogen-bond acceptors (Lipinski definition) is 4. The van der Waals surface area contributed by atoms with E-state index in [-0.39, 0.29) is 0 Å². The van der Waals surface area contributed by atoms with Crippen LogP contribution in [0.15, 0.2) is 42.7 Å². The van der Waals surface area contributed by atoms with Gasteiger partial charge in [0.1, 0.15) is 0 Å². The minimum absolute atomic E-state index is 0.351. The number of fused-ring (bicyclic) bond motifs is 1. The Hall–Kier alpha value is -2.86. The Morgan fingerprint density at radius 3 is 2.88 bits per heavy atom. The number of amides is 1. The molecule has 26 heavy (non-hydrogen) atoms. The molecule has 1 unspecified atom stereocenters. The number of halogens is 1. The smallest absolute Gasteiger partial charge is 0.338 e. The Morgan fingerprint density at radius 1 is 1.31 bits per heavy atom. The fourth-order valence-electron chi connectivity index (χ4n) is 2.54. The van der Waals surface area contributed by atoms with E-state index in [9.17, 15) is 9.59 Å². The van der Waals surface area contributed by atoms with Crippen molar-refractivity contribution in [3.05, 3.63) is 58.9 Å². The van der Waals surface area contributed by atoms with Gasteiger partial charge >= 0.3 is 5.97 Å². The molecular formula is C19H18ClN3O3. The Morgan fingerprint density at radius 2 is 2.12 bits per heavy atom. The normalized spacial score (nSPS) is 12.0. The molecule has 1 aromatic heterocycles. The molecule has 0 saturated heterocycles. The average molecular weight is 372 g/mol. The second kappa shape index (κ2) is 7.58. The predicted molar refractivity (Wildman–Crippen MR) is 100 cm³/mol. The molecule has 0 radical (unpaired) electrons. The number of benzene rings is 2. The van der Waals surface area contributed by atoms with Gasteiger partial charge in [0, 0.05) is 10.7 Å². The Labute approximate surface area is 155 Å². The minimum Gasteiger partial charge on any atom is -0.449 e. The van der Waals surface area contributed by atoms with Gasteiger partial charge in [-0.2, -0.15) is 0 Å². The van der Waals surface area contributed by atoms with Crippen molar-refractivity contribution in [3.63, 3.8) is 0 Å². The van der Waals surface area contributed by atoms with Crippen LogP contribution in [0.5, 0.6) is 0 Å². The van der Waals surface area contributed by atoms with E-state index in [0.717, 1.165) is 16.6 Å². The van der Waals surface area contributed by atoms with Crippen LogP contribution in [-0.4, -0.2) is 27.9 Å². The van der Waals surface area contributed by atoms with E-state index in [2.05, 4.69) is 15.3 Å². The standard InChI is InChI=1S/C19H18ClN3O3/c1-3-17(18(24)23-14-6-4-5-13(20)11(14)2)26-19(25)12-7-8-15-16(9-12)22-10-21-15/h4-10,17H,3H2,1-2H3,(H,21,22)(H,23,24). The first-order chi connectivity index (χ1) is 12.5. The van der Waals surface area contributed by atoms with Gasteiger partial charge in [0.25, 0.3) is 5.91 Å². The van der Waals surface area contributed by atoms with Crippen LogP contribution in [0.25, 0.3) is 11.0 Å². The molecule has 0 fully saturated rings. The molecule has 2 aromatic carbocycles. The molecule has 1 atom stereocenters. The van der Waals surface area contributed by atoms with E-state index in [1.165, 1.54) is 0 Å². The highest BCUT2D eigenvalue weighted by Crippen LogP contribution is 2.23. The number of carbonyl (C=O) groups excluding carboxylic acids is 2. The Kier molecular flexibility index (Phi) is 5.23. The van der Waals surface area contributed by atoms with Crippen LogP contribution in [0.2, 0.25) is 5.02 Å². The number of aromatic nitrogens is 2. The number of carbonyl (C=O) groups is 2. The van der Waals surface area contributed by atoms with E-state index in [0.29, 0.717) is 22.7 Å². The first-order valence-corrected chi connectivity index (χ1v) is 8.57. The van der Waals surface area contributed by atoms with Crippen LogP contribution in [0, 0.1) is 6.92 Å². The summed E-state index contributed by atoms with van der Waals surface area (Å²) in [7, 11) is 0. The lowest BCUT2D eigenvalue weighted by molar-refractivity contribution is -0.124. The van der Waals surface area contributed by atoms with Gasteiger partial charge in [0.15, 0.2) is 6.10 Å². The van der Waals surface area contributed by atoms with E-state index >= 15 is 0 Å². The summed E-state index contributed by atoms with van der Waals surface area (Å²) in [5, 5.41) is 3.32. The van der Waals surface area contributed by atoms with Gasteiger partial charge in [0.05, 0.1) is 22.9 Å². The maximum Gasteiger partial charge on any atom is 0.338 e. The third kappa shape index (κ3) is 3.70. The van der Waals surface area contributed by atoms with Crippen molar-refractivity contribution < 1.29 is 14.3 Å². The van der Waals surface area contributed by atoms with Crippen LogP contribution in [0.3, 0.4) is 0 Å². The van der Waals surface area contributed by atoms with E-state index in [4.69, 9.17) is 16.3 Å². The van der Waals surface area contributed by atoms with Crippen molar-refractivity contribution in [3.8, 4) is 0 Å². The third-order valence-electron chi connectivity index (χ3n) is 4.09. The van der Waals surface area contributed by atoms with Gasteiger partial charge in [-0.15, -0.1) is 0 Å². The van der Waals surface area contributed by atoms with Crippen LogP contribution < -0.4 is 5.32 Å². The number of H-pyrrole nitrogens is 1. The molecule has 0 saturated carbocycles. The van der Waals surface area contributed by atoms with Gasteiger partial charge in [-0.05, 0) is 49.2 Å². The zero-order valence-corrected chi connectivity index (χ0v) is 15.1. The van der Waals surface area contributed by atoms with Crippen molar-refractivity contribution in [2.75, 3.05) is 5.32 Å². The zero-order valence-electron chi connectivity index (χ0n) is 14.4. The first-order valence-electron chi connectivity index (χ1n) is 8.19. The topological polar surface area (TPSA) is 84.1 Å². The van der Waals surface area contributed by atoms with Crippen molar-refractivity contribution in [1.82, 2.24) is 9.97 Å². The molecule has 0 spiro atoms. The van der Waals surface area contributed by atoms with Crippen LogP contribution >= 0.6 is 11.6 Å². The minimum atomic E-state index is -0.904. The van der Waals surface area contributed by atoms with Crippen molar-refractivity contribution in [1.29, 1.82) is 0 Å². The summed E-state index contributed by atoms with van der Waals surface area (Å²) in [6, 6.07) is 10.2. The van der Waals surface area contributed by atoms with Crippen LogP contribution in [-0.2, 0) is 9.53 Å².